The number of carbonyl (C=O) groups excluding carboxylic acids is 1. The molecule has 0 aliphatic carbocycles. The van der Waals surface area contributed by atoms with Crippen molar-refractivity contribution in [2.45, 2.75) is 20.4 Å². The van der Waals surface area contributed by atoms with Gasteiger partial charge in [0.05, 0.1) is 6.20 Å². The average molecular weight is 232 g/mol. The molecule has 1 aromatic carbocycles. The molecule has 0 spiro atoms. The van der Waals surface area contributed by atoms with Crippen molar-refractivity contribution in [3.63, 3.8) is 0 Å². The van der Waals surface area contributed by atoms with Crippen molar-refractivity contribution in [1.29, 1.82) is 0 Å². The second kappa shape index (κ2) is 4.49. The lowest BCUT2D eigenvalue weighted by molar-refractivity contribution is 0.112. The van der Waals surface area contributed by atoms with E-state index in [0.29, 0.717) is 11.1 Å². The molecule has 3 nitrogen and oxygen atoms in total. The Labute approximate surface area is 98.9 Å². The van der Waals surface area contributed by atoms with Gasteiger partial charge in [-0.2, -0.15) is 5.10 Å². The molecule has 0 radical (unpaired) electrons. The maximum absolute atomic E-state index is 13.2. The molecule has 17 heavy (non-hydrogen) atoms. The molecule has 0 saturated heterocycles. The number of hydrogen-bond donors (Lipinski definition) is 0. The van der Waals surface area contributed by atoms with E-state index in [4.69, 9.17) is 0 Å². The number of rotatable bonds is 3. The van der Waals surface area contributed by atoms with Crippen molar-refractivity contribution < 1.29 is 9.18 Å². The Morgan fingerprint density at radius 2 is 2.18 bits per heavy atom. The Balaban J connectivity index is 2.62. The summed E-state index contributed by atoms with van der Waals surface area (Å²) in [6.45, 7) is 4.64. The monoisotopic (exact) mass is 232 g/mol. The predicted molar refractivity (Wildman–Crippen MR) is 63.4 cm³/mol. The van der Waals surface area contributed by atoms with E-state index in [1.54, 1.807) is 6.20 Å². The van der Waals surface area contributed by atoms with Gasteiger partial charge in [0.2, 0.25) is 0 Å². The molecular weight excluding hydrogens is 219 g/mol. The van der Waals surface area contributed by atoms with E-state index in [1.165, 1.54) is 18.2 Å². The van der Waals surface area contributed by atoms with E-state index in [0.717, 1.165) is 24.1 Å². The number of halogens is 1. The standard InChI is InChI=1S/C13H13FN2O/c1-3-16-9(2)13(7-15-16)12-6-11(14)5-4-10(12)8-17/h4-8H,3H2,1-2H3. The summed E-state index contributed by atoms with van der Waals surface area (Å²) in [5.74, 6) is -0.353. The fraction of sp³-hybridized carbons (Fsp3) is 0.231. The first-order chi connectivity index (χ1) is 8.17. The molecule has 0 aliphatic rings. The number of aldehydes is 1. The molecule has 0 saturated carbocycles. The molecule has 1 aromatic heterocycles. The lowest BCUT2D eigenvalue weighted by Gasteiger charge is -2.05. The van der Waals surface area contributed by atoms with Crippen molar-refractivity contribution in [1.82, 2.24) is 9.78 Å². The Morgan fingerprint density at radius 1 is 1.41 bits per heavy atom. The van der Waals surface area contributed by atoms with Crippen molar-refractivity contribution in [3.05, 3.63) is 41.5 Å². The summed E-state index contributed by atoms with van der Waals surface area (Å²) in [4.78, 5) is 10.9. The molecule has 2 aromatic rings. The highest BCUT2D eigenvalue weighted by molar-refractivity contribution is 5.87. The second-order valence-electron chi connectivity index (χ2n) is 3.81. The summed E-state index contributed by atoms with van der Waals surface area (Å²) < 4.78 is 15.1. The number of carbonyl (C=O) groups is 1. The number of nitrogens with zero attached hydrogens (tertiary/aromatic N) is 2. The highest BCUT2D eigenvalue weighted by Crippen LogP contribution is 2.26. The third-order valence-electron chi connectivity index (χ3n) is 2.84. The van der Waals surface area contributed by atoms with Crippen LogP contribution >= 0.6 is 0 Å². The summed E-state index contributed by atoms with van der Waals surface area (Å²) in [5.41, 5.74) is 2.80. The van der Waals surface area contributed by atoms with Crippen LogP contribution in [0.2, 0.25) is 0 Å². The second-order valence-corrected chi connectivity index (χ2v) is 3.81. The lowest BCUT2D eigenvalue weighted by Crippen LogP contribution is -1.99. The van der Waals surface area contributed by atoms with Crippen LogP contribution in [0.4, 0.5) is 4.39 Å². The molecule has 0 atom stereocenters. The summed E-state index contributed by atoms with van der Waals surface area (Å²) in [7, 11) is 0. The van der Waals surface area contributed by atoms with Crippen molar-refractivity contribution in [2.24, 2.45) is 0 Å². The van der Waals surface area contributed by atoms with Gasteiger partial charge in [-0.15, -0.1) is 0 Å². The van der Waals surface area contributed by atoms with Gasteiger partial charge in [-0.05, 0) is 37.6 Å². The number of benzene rings is 1. The molecule has 0 fully saturated rings. The number of aryl methyl sites for hydroxylation is 1. The predicted octanol–water partition coefficient (Wildman–Crippen LogP) is 2.83. The summed E-state index contributed by atoms with van der Waals surface area (Å²) in [5, 5.41) is 4.19. The van der Waals surface area contributed by atoms with E-state index in [2.05, 4.69) is 5.10 Å². The Hall–Kier alpha value is -1.97. The van der Waals surface area contributed by atoms with E-state index >= 15 is 0 Å². The molecule has 88 valence electrons. The zero-order valence-corrected chi connectivity index (χ0v) is 9.77. The van der Waals surface area contributed by atoms with E-state index in [9.17, 15) is 9.18 Å². The number of aromatic nitrogens is 2. The van der Waals surface area contributed by atoms with Crippen LogP contribution in [0.15, 0.2) is 24.4 Å². The van der Waals surface area contributed by atoms with Crippen LogP contribution < -0.4 is 0 Å². The molecule has 4 heteroatoms. The molecule has 0 unspecified atom stereocenters. The van der Waals surface area contributed by atoms with E-state index < -0.39 is 0 Å². The van der Waals surface area contributed by atoms with Crippen LogP contribution in [0.1, 0.15) is 23.0 Å². The Morgan fingerprint density at radius 3 is 2.76 bits per heavy atom. The first kappa shape index (κ1) is 11.5. The summed E-state index contributed by atoms with van der Waals surface area (Å²) in [6, 6.07) is 4.14. The van der Waals surface area contributed by atoms with Crippen LogP contribution in [0.25, 0.3) is 11.1 Å². The molecule has 1 heterocycles. The van der Waals surface area contributed by atoms with E-state index in [1.807, 2.05) is 18.5 Å². The van der Waals surface area contributed by atoms with Crippen molar-refractivity contribution in [2.75, 3.05) is 0 Å². The van der Waals surface area contributed by atoms with Crippen molar-refractivity contribution in [3.8, 4) is 11.1 Å². The van der Waals surface area contributed by atoms with Gasteiger partial charge in [0.1, 0.15) is 5.82 Å². The fourth-order valence-electron chi connectivity index (χ4n) is 1.89. The van der Waals surface area contributed by atoms with Crippen LogP contribution in [0.3, 0.4) is 0 Å². The third kappa shape index (κ3) is 1.98. The summed E-state index contributed by atoms with van der Waals surface area (Å²) in [6.07, 6.45) is 2.40. The minimum absolute atomic E-state index is 0.353. The normalized spacial score (nSPS) is 10.5. The first-order valence-electron chi connectivity index (χ1n) is 5.45. The molecule has 0 amide bonds. The van der Waals surface area contributed by atoms with Gasteiger partial charge in [-0.1, -0.05) is 0 Å². The smallest absolute Gasteiger partial charge is 0.150 e. The first-order valence-corrected chi connectivity index (χ1v) is 5.45. The van der Waals surface area contributed by atoms with Gasteiger partial charge in [0.25, 0.3) is 0 Å². The zero-order chi connectivity index (χ0) is 12.4. The van der Waals surface area contributed by atoms with Crippen LogP contribution in [-0.2, 0) is 6.54 Å². The van der Waals surface area contributed by atoms with Gasteiger partial charge in [0, 0.05) is 23.4 Å². The van der Waals surface area contributed by atoms with Gasteiger partial charge in [-0.3, -0.25) is 9.48 Å². The Kier molecular flexibility index (Phi) is 3.04. The SMILES string of the molecule is CCn1ncc(-c2cc(F)ccc2C=O)c1C. The fourth-order valence-corrected chi connectivity index (χ4v) is 1.89. The largest absolute Gasteiger partial charge is 0.298 e. The Bertz CT molecular complexity index is 561. The third-order valence-corrected chi connectivity index (χ3v) is 2.84. The molecule has 0 bridgehead atoms. The van der Waals surface area contributed by atoms with Gasteiger partial charge >= 0.3 is 0 Å². The highest BCUT2D eigenvalue weighted by Gasteiger charge is 2.12. The van der Waals surface area contributed by atoms with E-state index in [-0.39, 0.29) is 5.82 Å². The van der Waals surface area contributed by atoms with Gasteiger partial charge < -0.3 is 0 Å². The highest BCUT2D eigenvalue weighted by atomic mass is 19.1. The van der Waals surface area contributed by atoms with Crippen LogP contribution in [-0.4, -0.2) is 16.1 Å². The molecule has 0 aliphatic heterocycles. The van der Waals surface area contributed by atoms with Crippen LogP contribution in [0.5, 0.6) is 0 Å². The zero-order valence-electron chi connectivity index (χ0n) is 9.77. The molecule has 2 rings (SSSR count). The quantitative estimate of drug-likeness (QED) is 0.763. The van der Waals surface area contributed by atoms with Crippen LogP contribution in [0, 0.1) is 12.7 Å². The van der Waals surface area contributed by atoms with Gasteiger partial charge in [0.15, 0.2) is 6.29 Å². The number of hydrogen-bond acceptors (Lipinski definition) is 2. The average Bonchev–Trinajstić information content (AvgIpc) is 2.70. The molecular formula is C13H13FN2O. The minimum Gasteiger partial charge on any atom is -0.298 e. The lowest BCUT2D eigenvalue weighted by atomic mass is 10.0. The topological polar surface area (TPSA) is 34.9 Å². The van der Waals surface area contributed by atoms with Gasteiger partial charge in [-0.25, -0.2) is 4.39 Å². The van der Waals surface area contributed by atoms with Crippen molar-refractivity contribution >= 4 is 6.29 Å². The summed E-state index contributed by atoms with van der Waals surface area (Å²) >= 11 is 0. The minimum atomic E-state index is -0.353. The maximum atomic E-state index is 13.2. The maximum Gasteiger partial charge on any atom is 0.150 e. The molecule has 0 N–H and O–H groups in total.